The molecule has 0 fully saturated rings. The van der Waals surface area contributed by atoms with Gasteiger partial charge >= 0.3 is 12.1 Å². The number of carbonyl (C=O) groups is 5. The average molecular weight is 577 g/mol. The fraction of sp³-hybridized carbons (Fsp3) is 0.633. The summed E-state index contributed by atoms with van der Waals surface area (Å²) >= 11 is 0. The summed E-state index contributed by atoms with van der Waals surface area (Å²) < 4.78 is 10.3. The standard InChI is InChI=1S/C30H48N4O7/c1-8-10-11-19-34(28(38)22(15-16-23(31)35)33-29(39)41-30(5,6)7)26(25-20(3)13-12-14-21(25)4)27(37)32-18-17-24(36)40-9-2/h12-14,22,26H,8-11,15-19H2,1-7H3,(H2,31,35)(H,32,37)(H,33,39). The van der Waals surface area contributed by atoms with Crippen molar-refractivity contribution in [2.75, 3.05) is 19.7 Å². The lowest BCUT2D eigenvalue weighted by Crippen LogP contribution is -2.53. The van der Waals surface area contributed by atoms with Gasteiger partial charge in [0.25, 0.3) is 0 Å². The van der Waals surface area contributed by atoms with Crippen molar-refractivity contribution >= 4 is 29.8 Å². The van der Waals surface area contributed by atoms with E-state index in [0.717, 1.165) is 24.0 Å². The summed E-state index contributed by atoms with van der Waals surface area (Å²) in [5.74, 6) is -2.08. The van der Waals surface area contributed by atoms with E-state index in [-0.39, 0.29) is 39.0 Å². The molecule has 1 aromatic carbocycles. The van der Waals surface area contributed by atoms with E-state index in [1.54, 1.807) is 27.7 Å². The molecule has 0 aromatic heterocycles. The van der Waals surface area contributed by atoms with Gasteiger partial charge < -0.3 is 30.7 Å². The van der Waals surface area contributed by atoms with E-state index >= 15 is 0 Å². The summed E-state index contributed by atoms with van der Waals surface area (Å²) in [5, 5.41) is 5.39. The van der Waals surface area contributed by atoms with Gasteiger partial charge in [0.1, 0.15) is 17.7 Å². The molecule has 0 aliphatic rings. The molecule has 0 heterocycles. The van der Waals surface area contributed by atoms with Crippen molar-refractivity contribution in [3.8, 4) is 0 Å². The molecule has 1 rings (SSSR count). The summed E-state index contributed by atoms with van der Waals surface area (Å²) in [5.41, 5.74) is 6.82. The minimum Gasteiger partial charge on any atom is -0.466 e. The van der Waals surface area contributed by atoms with Gasteiger partial charge in [-0.25, -0.2) is 4.79 Å². The topological polar surface area (TPSA) is 157 Å². The van der Waals surface area contributed by atoms with Crippen LogP contribution in [0.25, 0.3) is 0 Å². The first-order valence-electron chi connectivity index (χ1n) is 14.3. The number of aryl methyl sites for hydroxylation is 2. The maximum Gasteiger partial charge on any atom is 0.408 e. The fourth-order valence-electron chi connectivity index (χ4n) is 4.40. The zero-order valence-corrected chi connectivity index (χ0v) is 25.6. The van der Waals surface area contributed by atoms with Gasteiger partial charge in [0.15, 0.2) is 0 Å². The first-order valence-corrected chi connectivity index (χ1v) is 14.3. The van der Waals surface area contributed by atoms with Crippen molar-refractivity contribution in [1.29, 1.82) is 0 Å². The lowest BCUT2D eigenvalue weighted by molar-refractivity contribution is -0.144. The number of esters is 1. The highest BCUT2D eigenvalue weighted by molar-refractivity contribution is 5.93. The Morgan fingerprint density at radius 1 is 1.00 bits per heavy atom. The molecular formula is C30H48N4O7. The van der Waals surface area contributed by atoms with Crippen LogP contribution in [-0.2, 0) is 28.7 Å². The normalized spacial score (nSPS) is 12.6. The first kappa shape index (κ1) is 35.4. The number of amides is 4. The summed E-state index contributed by atoms with van der Waals surface area (Å²) in [6, 6.07) is 3.36. The van der Waals surface area contributed by atoms with E-state index in [1.807, 2.05) is 39.0 Å². The molecule has 41 heavy (non-hydrogen) atoms. The second-order valence-electron chi connectivity index (χ2n) is 11.0. The predicted octanol–water partition coefficient (Wildman–Crippen LogP) is 3.59. The number of unbranched alkanes of at least 4 members (excludes halogenated alkanes) is 2. The number of rotatable bonds is 16. The average Bonchev–Trinajstić information content (AvgIpc) is 2.86. The Kier molecular flexibility index (Phi) is 14.9. The molecule has 4 N–H and O–H groups in total. The first-order chi connectivity index (χ1) is 19.2. The van der Waals surface area contributed by atoms with Crippen molar-refractivity contribution in [2.24, 2.45) is 5.73 Å². The van der Waals surface area contributed by atoms with E-state index in [9.17, 15) is 24.0 Å². The van der Waals surface area contributed by atoms with Crippen LogP contribution >= 0.6 is 0 Å². The maximum atomic E-state index is 14.2. The van der Waals surface area contributed by atoms with E-state index < -0.39 is 47.5 Å². The number of hydrogen-bond donors (Lipinski definition) is 3. The largest absolute Gasteiger partial charge is 0.466 e. The molecule has 11 nitrogen and oxygen atoms in total. The number of nitrogens with one attached hydrogen (secondary N) is 2. The lowest BCUT2D eigenvalue weighted by Gasteiger charge is -2.36. The quantitative estimate of drug-likeness (QED) is 0.200. The molecule has 0 aliphatic carbocycles. The molecular weight excluding hydrogens is 528 g/mol. The highest BCUT2D eigenvalue weighted by Crippen LogP contribution is 2.29. The predicted molar refractivity (Wildman–Crippen MR) is 156 cm³/mol. The summed E-state index contributed by atoms with van der Waals surface area (Å²) in [6.45, 7) is 13.0. The van der Waals surface area contributed by atoms with Crippen LogP contribution < -0.4 is 16.4 Å². The van der Waals surface area contributed by atoms with Crippen LogP contribution in [0, 0.1) is 13.8 Å². The van der Waals surface area contributed by atoms with Crippen molar-refractivity contribution < 1.29 is 33.4 Å². The number of benzene rings is 1. The lowest BCUT2D eigenvalue weighted by atomic mass is 9.93. The van der Waals surface area contributed by atoms with Gasteiger partial charge in [-0.15, -0.1) is 0 Å². The van der Waals surface area contributed by atoms with Gasteiger partial charge in [-0.1, -0.05) is 38.0 Å². The summed E-state index contributed by atoms with van der Waals surface area (Å²) in [7, 11) is 0. The smallest absolute Gasteiger partial charge is 0.408 e. The monoisotopic (exact) mass is 576 g/mol. The number of nitrogens with two attached hydrogens (primary N) is 1. The highest BCUT2D eigenvalue weighted by Gasteiger charge is 2.37. The minimum atomic E-state index is -1.17. The van der Waals surface area contributed by atoms with Crippen molar-refractivity contribution in [1.82, 2.24) is 15.5 Å². The second-order valence-corrected chi connectivity index (χ2v) is 11.0. The molecule has 4 amide bonds. The van der Waals surface area contributed by atoms with Crippen molar-refractivity contribution in [3.63, 3.8) is 0 Å². The Balaban J connectivity index is 3.55. The molecule has 230 valence electrons. The van der Waals surface area contributed by atoms with Crippen LogP contribution in [0.15, 0.2) is 18.2 Å². The molecule has 0 spiro atoms. The van der Waals surface area contributed by atoms with E-state index in [1.165, 1.54) is 4.90 Å². The van der Waals surface area contributed by atoms with Gasteiger partial charge in [-0.05, 0) is 71.1 Å². The third kappa shape index (κ3) is 12.6. The molecule has 0 saturated carbocycles. The third-order valence-electron chi connectivity index (χ3n) is 6.26. The maximum absolute atomic E-state index is 14.2. The number of hydrogen-bond acceptors (Lipinski definition) is 7. The van der Waals surface area contributed by atoms with Gasteiger partial charge in [-0.2, -0.15) is 0 Å². The number of alkyl carbamates (subject to hydrolysis) is 1. The molecule has 2 atom stereocenters. The number of carbonyl (C=O) groups excluding carboxylic acids is 5. The van der Waals surface area contributed by atoms with E-state index in [0.29, 0.717) is 12.0 Å². The Morgan fingerprint density at radius 3 is 2.17 bits per heavy atom. The Hall–Kier alpha value is -3.63. The molecule has 2 unspecified atom stereocenters. The molecule has 0 aliphatic heterocycles. The van der Waals surface area contributed by atoms with Crippen LogP contribution in [0.3, 0.4) is 0 Å². The van der Waals surface area contributed by atoms with Crippen LogP contribution in [0.5, 0.6) is 0 Å². The number of ether oxygens (including phenoxy) is 2. The zero-order chi connectivity index (χ0) is 31.2. The van der Waals surface area contributed by atoms with Gasteiger partial charge in [0.2, 0.25) is 17.7 Å². The SMILES string of the molecule is CCCCCN(C(=O)C(CCC(N)=O)NC(=O)OC(C)(C)C)C(C(=O)NCCC(=O)OCC)c1c(C)cccc1C. The van der Waals surface area contributed by atoms with Crippen molar-refractivity contribution in [3.05, 3.63) is 34.9 Å². The Labute approximate surface area is 243 Å². The van der Waals surface area contributed by atoms with Crippen LogP contribution in [0.2, 0.25) is 0 Å². The van der Waals surface area contributed by atoms with Crippen LogP contribution in [0.4, 0.5) is 4.79 Å². The summed E-state index contributed by atoms with van der Waals surface area (Å²) in [4.78, 5) is 65.7. The van der Waals surface area contributed by atoms with E-state index in [2.05, 4.69) is 10.6 Å². The Morgan fingerprint density at radius 2 is 1.63 bits per heavy atom. The minimum absolute atomic E-state index is 0.0235. The molecule has 0 bridgehead atoms. The van der Waals surface area contributed by atoms with Gasteiger partial charge in [0, 0.05) is 19.5 Å². The molecule has 0 saturated heterocycles. The Bertz CT molecular complexity index is 1030. The highest BCUT2D eigenvalue weighted by atomic mass is 16.6. The van der Waals surface area contributed by atoms with Crippen LogP contribution in [-0.4, -0.2) is 66.0 Å². The number of nitrogens with zero attached hydrogens (tertiary/aromatic N) is 1. The second kappa shape index (κ2) is 17.2. The fourth-order valence-corrected chi connectivity index (χ4v) is 4.40. The van der Waals surface area contributed by atoms with Gasteiger partial charge in [-0.3, -0.25) is 19.2 Å². The van der Waals surface area contributed by atoms with Crippen LogP contribution in [0.1, 0.15) is 95.9 Å². The van der Waals surface area contributed by atoms with Gasteiger partial charge in [0.05, 0.1) is 13.0 Å². The number of primary amides is 1. The zero-order valence-electron chi connectivity index (χ0n) is 25.6. The molecule has 0 radical (unpaired) electrons. The molecule has 11 heteroatoms. The van der Waals surface area contributed by atoms with Crippen molar-refractivity contribution in [2.45, 2.75) is 105 Å². The van der Waals surface area contributed by atoms with E-state index in [4.69, 9.17) is 15.2 Å². The third-order valence-corrected chi connectivity index (χ3v) is 6.26. The molecule has 1 aromatic rings. The summed E-state index contributed by atoms with van der Waals surface area (Å²) in [6.07, 6.45) is 1.22.